The molecule has 21 heavy (non-hydrogen) atoms. The van der Waals surface area contributed by atoms with E-state index in [0.717, 1.165) is 12.8 Å². The summed E-state index contributed by atoms with van der Waals surface area (Å²) in [6, 6.07) is 15.8. The summed E-state index contributed by atoms with van der Waals surface area (Å²) in [5, 5.41) is 3.67. The normalized spacial score (nSPS) is 13.5. The largest absolute Gasteiger partial charge is 0.380 e. The molecule has 0 atom stereocenters. The maximum absolute atomic E-state index is 3.67. The van der Waals surface area contributed by atoms with Crippen LogP contribution in [0.15, 0.2) is 42.5 Å². The molecule has 0 bridgehead atoms. The third-order valence-electron chi connectivity index (χ3n) is 5.09. The van der Waals surface area contributed by atoms with E-state index in [4.69, 9.17) is 0 Å². The van der Waals surface area contributed by atoms with Gasteiger partial charge in [-0.2, -0.15) is 0 Å². The Morgan fingerprint density at radius 1 is 0.857 bits per heavy atom. The topological polar surface area (TPSA) is 12.0 Å². The molecule has 0 aliphatic heterocycles. The van der Waals surface area contributed by atoms with Gasteiger partial charge in [-0.05, 0) is 67.0 Å². The standard InChI is InChI=1S/C20H25N/c1-4-20(3,5-2)21-19-12-10-16(11-13-19)18-9-7-15-6-8-17(15)14-18/h7,9-14,21H,4-6,8H2,1-3H3. The minimum Gasteiger partial charge on any atom is -0.380 e. The van der Waals surface area contributed by atoms with Crippen LogP contribution in [-0.2, 0) is 12.8 Å². The summed E-state index contributed by atoms with van der Waals surface area (Å²) >= 11 is 0. The molecule has 0 saturated carbocycles. The highest BCUT2D eigenvalue weighted by Crippen LogP contribution is 2.30. The van der Waals surface area contributed by atoms with Crippen molar-refractivity contribution < 1.29 is 0 Å². The third kappa shape index (κ3) is 2.83. The maximum Gasteiger partial charge on any atom is 0.0344 e. The van der Waals surface area contributed by atoms with Crippen molar-refractivity contribution in [1.29, 1.82) is 0 Å². The Morgan fingerprint density at radius 3 is 2.00 bits per heavy atom. The predicted octanol–water partition coefficient (Wildman–Crippen LogP) is 5.44. The fourth-order valence-corrected chi connectivity index (χ4v) is 2.90. The molecule has 0 saturated heterocycles. The van der Waals surface area contributed by atoms with Crippen LogP contribution in [0.5, 0.6) is 0 Å². The smallest absolute Gasteiger partial charge is 0.0344 e. The van der Waals surface area contributed by atoms with Gasteiger partial charge in [-0.15, -0.1) is 0 Å². The molecule has 1 aliphatic rings. The highest BCUT2D eigenvalue weighted by molar-refractivity contribution is 5.68. The molecule has 2 aromatic rings. The minimum absolute atomic E-state index is 0.192. The van der Waals surface area contributed by atoms with Crippen molar-refractivity contribution in [3.05, 3.63) is 53.6 Å². The Labute approximate surface area is 128 Å². The van der Waals surface area contributed by atoms with Crippen molar-refractivity contribution in [2.75, 3.05) is 5.32 Å². The van der Waals surface area contributed by atoms with E-state index < -0.39 is 0 Å². The van der Waals surface area contributed by atoms with E-state index in [-0.39, 0.29) is 5.54 Å². The molecule has 2 aromatic carbocycles. The molecule has 3 rings (SSSR count). The Morgan fingerprint density at radius 2 is 1.48 bits per heavy atom. The summed E-state index contributed by atoms with van der Waals surface area (Å²) in [6.45, 7) is 6.77. The lowest BCUT2D eigenvalue weighted by Crippen LogP contribution is -2.32. The van der Waals surface area contributed by atoms with E-state index in [1.54, 1.807) is 0 Å². The number of fused-ring (bicyclic) bond motifs is 1. The van der Waals surface area contributed by atoms with E-state index in [0.29, 0.717) is 0 Å². The Bertz CT molecular complexity index is 621. The minimum atomic E-state index is 0.192. The Balaban J connectivity index is 1.79. The molecule has 0 fully saturated rings. The molecule has 0 aromatic heterocycles. The van der Waals surface area contributed by atoms with Gasteiger partial charge in [-0.3, -0.25) is 0 Å². The van der Waals surface area contributed by atoms with Crippen LogP contribution in [0, 0.1) is 0 Å². The zero-order valence-electron chi connectivity index (χ0n) is 13.4. The average Bonchev–Trinajstić information content (AvgIpc) is 2.49. The molecule has 1 N–H and O–H groups in total. The van der Waals surface area contributed by atoms with Gasteiger partial charge in [0, 0.05) is 11.2 Å². The SMILES string of the molecule is CCC(C)(CC)Nc1ccc(-c2ccc3c(c2)CC3)cc1. The van der Waals surface area contributed by atoms with E-state index >= 15 is 0 Å². The lowest BCUT2D eigenvalue weighted by molar-refractivity contribution is 0.478. The predicted molar refractivity (Wildman–Crippen MR) is 91.9 cm³/mol. The van der Waals surface area contributed by atoms with Crippen LogP contribution in [0.25, 0.3) is 11.1 Å². The van der Waals surface area contributed by atoms with Gasteiger partial charge in [0.25, 0.3) is 0 Å². The maximum atomic E-state index is 3.67. The summed E-state index contributed by atoms with van der Waals surface area (Å²) in [7, 11) is 0. The second kappa shape index (κ2) is 5.55. The summed E-state index contributed by atoms with van der Waals surface area (Å²) < 4.78 is 0. The van der Waals surface area contributed by atoms with Crippen molar-refractivity contribution in [3.8, 4) is 11.1 Å². The molecule has 1 heteroatoms. The molecular formula is C20H25N. The molecule has 0 amide bonds. The van der Waals surface area contributed by atoms with Gasteiger partial charge in [0.1, 0.15) is 0 Å². The van der Waals surface area contributed by atoms with Gasteiger partial charge >= 0.3 is 0 Å². The van der Waals surface area contributed by atoms with Crippen LogP contribution in [0.2, 0.25) is 0 Å². The van der Waals surface area contributed by atoms with Crippen LogP contribution >= 0.6 is 0 Å². The molecule has 0 radical (unpaired) electrons. The van der Waals surface area contributed by atoms with Gasteiger partial charge in [0.2, 0.25) is 0 Å². The Kier molecular flexibility index (Phi) is 3.75. The molecule has 1 nitrogen and oxygen atoms in total. The monoisotopic (exact) mass is 279 g/mol. The summed E-state index contributed by atoms with van der Waals surface area (Å²) in [4.78, 5) is 0. The van der Waals surface area contributed by atoms with Crippen LogP contribution in [0.4, 0.5) is 5.69 Å². The first-order valence-corrected chi connectivity index (χ1v) is 8.14. The van der Waals surface area contributed by atoms with E-state index in [1.807, 2.05) is 0 Å². The van der Waals surface area contributed by atoms with Crippen LogP contribution in [-0.4, -0.2) is 5.54 Å². The average molecular weight is 279 g/mol. The Hall–Kier alpha value is -1.76. The first kappa shape index (κ1) is 14.2. The van der Waals surface area contributed by atoms with Crippen molar-refractivity contribution in [2.24, 2.45) is 0 Å². The number of hydrogen-bond donors (Lipinski definition) is 1. The van der Waals surface area contributed by atoms with Crippen molar-refractivity contribution in [3.63, 3.8) is 0 Å². The summed E-state index contributed by atoms with van der Waals surface area (Å²) in [5.74, 6) is 0. The fourth-order valence-electron chi connectivity index (χ4n) is 2.90. The number of anilines is 1. The summed E-state index contributed by atoms with van der Waals surface area (Å²) in [5.41, 5.74) is 7.11. The van der Waals surface area contributed by atoms with Gasteiger partial charge in [-0.25, -0.2) is 0 Å². The van der Waals surface area contributed by atoms with Crippen molar-refractivity contribution in [1.82, 2.24) is 0 Å². The van der Waals surface area contributed by atoms with Crippen molar-refractivity contribution >= 4 is 5.69 Å². The first-order chi connectivity index (χ1) is 10.1. The molecule has 0 spiro atoms. The van der Waals surface area contributed by atoms with Crippen molar-refractivity contribution in [2.45, 2.75) is 52.0 Å². The van der Waals surface area contributed by atoms with Gasteiger partial charge in [0.05, 0.1) is 0 Å². The van der Waals surface area contributed by atoms with E-state index in [2.05, 4.69) is 68.6 Å². The lowest BCUT2D eigenvalue weighted by Gasteiger charge is -2.29. The lowest BCUT2D eigenvalue weighted by atomic mass is 9.86. The van der Waals surface area contributed by atoms with E-state index in [9.17, 15) is 0 Å². The van der Waals surface area contributed by atoms with Gasteiger partial charge in [-0.1, -0.05) is 44.2 Å². The van der Waals surface area contributed by atoms with Gasteiger partial charge < -0.3 is 5.32 Å². The van der Waals surface area contributed by atoms with Crippen LogP contribution in [0.1, 0.15) is 44.7 Å². The summed E-state index contributed by atoms with van der Waals surface area (Å²) in [6.07, 6.45) is 4.77. The fraction of sp³-hybridized carbons (Fsp3) is 0.400. The van der Waals surface area contributed by atoms with E-state index in [1.165, 1.54) is 40.8 Å². The first-order valence-electron chi connectivity index (χ1n) is 8.14. The number of rotatable bonds is 5. The number of hydrogen-bond acceptors (Lipinski definition) is 1. The number of aryl methyl sites for hydroxylation is 2. The van der Waals surface area contributed by atoms with Crippen LogP contribution in [0.3, 0.4) is 0 Å². The molecule has 110 valence electrons. The second-order valence-corrected chi connectivity index (χ2v) is 6.45. The molecular weight excluding hydrogens is 254 g/mol. The molecule has 0 heterocycles. The zero-order valence-corrected chi connectivity index (χ0v) is 13.4. The highest BCUT2D eigenvalue weighted by atomic mass is 15.0. The highest BCUT2D eigenvalue weighted by Gasteiger charge is 2.18. The van der Waals surface area contributed by atoms with Crippen LogP contribution < -0.4 is 5.32 Å². The zero-order chi connectivity index (χ0) is 14.9. The molecule has 1 aliphatic carbocycles. The number of nitrogens with one attached hydrogen (secondary N) is 1. The number of benzene rings is 2. The quantitative estimate of drug-likeness (QED) is 0.768. The molecule has 0 unspecified atom stereocenters. The van der Waals surface area contributed by atoms with Gasteiger partial charge in [0.15, 0.2) is 0 Å². The second-order valence-electron chi connectivity index (χ2n) is 6.45. The third-order valence-corrected chi connectivity index (χ3v) is 5.09.